The highest BCUT2D eigenvalue weighted by Crippen LogP contribution is 2.41. The van der Waals surface area contributed by atoms with Crippen molar-refractivity contribution < 1.29 is 66.0 Å². The number of nitrogens with zero attached hydrogens (tertiary/aromatic N) is 2. The number of Topliss-reactive ketones (excluding diaryl/α,β-unsaturated/α-hetero) is 1. The number of methoxy groups -OCH3 is 2. The Labute approximate surface area is 349 Å². The van der Waals surface area contributed by atoms with Crippen molar-refractivity contribution in [3.8, 4) is 23.0 Å². The fraction of sp³-hybridized carbons (Fsp3) is 0.488. The number of ether oxygens (including phenoxy) is 6. The highest BCUT2D eigenvalue weighted by molar-refractivity contribution is 7.20. The van der Waals surface area contributed by atoms with Gasteiger partial charge in [-0.15, -0.1) is 11.3 Å². The van der Waals surface area contributed by atoms with Crippen molar-refractivity contribution in [1.29, 1.82) is 0 Å². The lowest BCUT2D eigenvalue weighted by atomic mass is 9.92. The van der Waals surface area contributed by atoms with Gasteiger partial charge >= 0.3 is 11.9 Å². The van der Waals surface area contributed by atoms with Crippen molar-refractivity contribution in [1.82, 2.24) is 9.80 Å². The molecule has 6 rings (SSSR count). The molecule has 0 unspecified atom stereocenters. The largest absolute Gasteiger partial charge is 0.493 e. The lowest BCUT2D eigenvalue weighted by molar-refractivity contribution is -0.156. The molecule has 2 aromatic carbocycles. The second kappa shape index (κ2) is 18.8. The van der Waals surface area contributed by atoms with Crippen molar-refractivity contribution >= 4 is 56.9 Å². The first-order valence-electron chi connectivity index (χ1n) is 19.8. The average molecular weight is 855 g/mol. The number of halogens is 2. The van der Waals surface area contributed by atoms with Gasteiger partial charge in [0.2, 0.25) is 5.91 Å². The molecule has 1 fully saturated rings. The molecule has 0 radical (unpaired) electrons. The van der Waals surface area contributed by atoms with Gasteiger partial charge in [-0.1, -0.05) is 0 Å². The first kappa shape index (κ1) is 44.0. The molecule has 0 N–H and O–H groups in total. The minimum absolute atomic E-state index is 0.00278. The monoisotopic (exact) mass is 854 g/mol. The molecule has 1 aromatic heterocycles. The minimum atomic E-state index is -0.736. The molecule has 17 heteroatoms. The third kappa shape index (κ3) is 10.2. The zero-order valence-corrected chi connectivity index (χ0v) is 35.0. The molecule has 60 heavy (non-hydrogen) atoms. The van der Waals surface area contributed by atoms with E-state index in [-0.39, 0.29) is 133 Å². The second-order valence-corrected chi connectivity index (χ2v) is 16.8. The third-order valence-corrected chi connectivity index (χ3v) is 11.4. The Kier molecular flexibility index (Phi) is 13.8. The molecular weight excluding hydrogens is 807 g/mol. The standard InChI is InChI=1S/C43H48F2N2O12S/c1-43(2,3)59-38(53)16-14-34(49)46-22-24-19-30(54-4)41(40(45)28(24)23-46)56-17-6-18-57-42-31(55-5)21-32-27(39(42)44)20-33(60-32)29(48)11-15-37(52)58-26-9-7-25(8-10-26)47-35(50)12-13-36(47)51/h12-13,19-21,25-26H,6-11,14-18,22-23H2,1-5H3/t25-,26-. The highest BCUT2D eigenvalue weighted by Gasteiger charge is 2.35. The molecule has 1 saturated carbocycles. The van der Waals surface area contributed by atoms with Crippen LogP contribution in [-0.4, -0.2) is 90.4 Å². The summed E-state index contributed by atoms with van der Waals surface area (Å²) < 4.78 is 65.3. The number of hydrogen-bond acceptors (Lipinski definition) is 13. The van der Waals surface area contributed by atoms with Crippen molar-refractivity contribution in [2.75, 3.05) is 27.4 Å². The van der Waals surface area contributed by atoms with E-state index >= 15 is 8.78 Å². The number of fused-ring (bicyclic) bond motifs is 2. The fourth-order valence-electron chi connectivity index (χ4n) is 7.39. The van der Waals surface area contributed by atoms with E-state index in [1.807, 2.05) is 0 Å². The molecule has 0 spiro atoms. The predicted octanol–water partition coefficient (Wildman–Crippen LogP) is 6.75. The van der Waals surface area contributed by atoms with Crippen LogP contribution in [0, 0.1) is 11.6 Å². The number of carbonyl (C=O) groups is 6. The summed E-state index contributed by atoms with van der Waals surface area (Å²) in [5.41, 5.74) is 0.173. The van der Waals surface area contributed by atoms with Gasteiger partial charge in [-0.3, -0.25) is 33.7 Å². The number of thiophene rings is 1. The van der Waals surface area contributed by atoms with Gasteiger partial charge in [-0.2, -0.15) is 0 Å². The number of benzene rings is 2. The van der Waals surface area contributed by atoms with E-state index in [4.69, 9.17) is 28.4 Å². The van der Waals surface area contributed by atoms with Gasteiger partial charge in [0.15, 0.2) is 40.4 Å². The van der Waals surface area contributed by atoms with Gasteiger partial charge < -0.3 is 33.3 Å². The number of carbonyl (C=O) groups excluding carboxylic acids is 6. The summed E-state index contributed by atoms with van der Waals surface area (Å²) in [6, 6.07) is 4.35. The second-order valence-electron chi connectivity index (χ2n) is 15.7. The number of hydrogen-bond donors (Lipinski definition) is 0. The normalized spacial score (nSPS) is 17.5. The topological polar surface area (TPSA) is 164 Å². The third-order valence-electron chi connectivity index (χ3n) is 10.3. The Morgan fingerprint density at radius 3 is 2.03 bits per heavy atom. The molecule has 0 bridgehead atoms. The predicted molar refractivity (Wildman–Crippen MR) is 213 cm³/mol. The summed E-state index contributed by atoms with van der Waals surface area (Å²) in [4.78, 5) is 77.6. The van der Waals surface area contributed by atoms with Gasteiger partial charge in [0.05, 0.1) is 45.2 Å². The zero-order chi connectivity index (χ0) is 43.3. The Morgan fingerprint density at radius 2 is 1.40 bits per heavy atom. The number of ketones is 1. The van der Waals surface area contributed by atoms with Crippen LogP contribution in [-0.2, 0) is 46.5 Å². The van der Waals surface area contributed by atoms with Crippen LogP contribution in [0.5, 0.6) is 23.0 Å². The Morgan fingerprint density at radius 1 is 0.783 bits per heavy atom. The van der Waals surface area contributed by atoms with Gasteiger partial charge in [0.25, 0.3) is 11.8 Å². The lowest BCUT2D eigenvalue weighted by Crippen LogP contribution is -2.43. The quantitative estimate of drug-likeness (QED) is 0.0608. The first-order chi connectivity index (χ1) is 28.6. The molecule has 322 valence electrons. The van der Waals surface area contributed by atoms with Gasteiger partial charge in [-0.25, -0.2) is 8.78 Å². The van der Waals surface area contributed by atoms with Gasteiger partial charge in [0, 0.05) is 72.3 Å². The molecular formula is C43H48F2N2O12S. The van der Waals surface area contributed by atoms with Crippen molar-refractivity contribution in [2.24, 2.45) is 0 Å². The van der Waals surface area contributed by atoms with E-state index in [2.05, 4.69) is 0 Å². The van der Waals surface area contributed by atoms with Crippen LogP contribution in [0.15, 0.2) is 30.4 Å². The van der Waals surface area contributed by atoms with Crippen molar-refractivity contribution in [3.05, 3.63) is 58.0 Å². The molecule has 14 nitrogen and oxygen atoms in total. The number of imide groups is 1. The number of amides is 3. The SMILES string of the molecule is COc1cc2c(c(F)c1OCCCOc1c(OC)cc3sc(C(=O)CCC(=O)O[C@H]4CC[C@H](N5C(=O)C=CC5=O)CC4)cc3c1F)CN(C(=O)CCC(=O)OC(C)(C)C)C2. The molecule has 0 atom stereocenters. The van der Waals surface area contributed by atoms with E-state index in [0.717, 1.165) is 11.3 Å². The Balaban J connectivity index is 0.980. The van der Waals surface area contributed by atoms with E-state index in [1.54, 1.807) is 32.9 Å². The summed E-state index contributed by atoms with van der Waals surface area (Å²) in [7, 11) is 2.73. The Bertz CT molecular complexity index is 2190. The number of rotatable bonds is 17. The van der Waals surface area contributed by atoms with Crippen LogP contribution in [0.3, 0.4) is 0 Å². The van der Waals surface area contributed by atoms with Crippen LogP contribution in [0.4, 0.5) is 8.78 Å². The van der Waals surface area contributed by atoms with E-state index < -0.39 is 29.2 Å². The van der Waals surface area contributed by atoms with Crippen molar-refractivity contribution in [2.45, 2.75) is 109 Å². The van der Waals surface area contributed by atoms with E-state index in [9.17, 15) is 28.8 Å². The Hall–Kier alpha value is -5.58. The first-order valence-corrected chi connectivity index (χ1v) is 20.6. The van der Waals surface area contributed by atoms with Crippen LogP contribution in [0.25, 0.3) is 10.1 Å². The van der Waals surface area contributed by atoms with Crippen LogP contribution < -0.4 is 18.9 Å². The van der Waals surface area contributed by atoms with E-state index in [1.165, 1.54) is 42.2 Å². The molecule has 0 saturated heterocycles. The summed E-state index contributed by atoms with van der Waals surface area (Å²) in [5, 5.41) is 0.141. The maximum Gasteiger partial charge on any atom is 0.306 e. The van der Waals surface area contributed by atoms with Crippen LogP contribution >= 0.6 is 11.3 Å². The number of esters is 2. The smallest absolute Gasteiger partial charge is 0.306 e. The summed E-state index contributed by atoms with van der Waals surface area (Å²) >= 11 is 1.06. The molecule has 3 amide bonds. The van der Waals surface area contributed by atoms with Crippen LogP contribution in [0.1, 0.15) is 99.4 Å². The zero-order valence-electron chi connectivity index (χ0n) is 34.2. The molecule has 3 aromatic rings. The fourth-order valence-corrected chi connectivity index (χ4v) is 8.44. The molecule has 2 aliphatic heterocycles. The van der Waals surface area contributed by atoms with Crippen molar-refractivity contribution in [3.63, 3.8) is 0 Å². The maximum atomic E-state index is 15.9. The molecule has 3 aliphatic rings. The van der Waals surface area contributed by atoms with Crippen LogP contribution in [0.2, 0.25) is 0 Å². The minimum Gasteiger partial charge on any atom is -0.493 e. The maximum absolute atomic E-state index is 15.9. The van der Waals surface area contributed by atoms with Gasteiger partial charge in [-0.05, 0) is 64.2 Å². The highest BCUT2D eigenvalue weighted by atomic mass is 32.1. The summed E-state index contributed by atoms with van der Waals surface area (Å²) in [5.74, 6) is -3.85. The molecule has 1 aliphatic carbocycles. The average Bonchev–Trinajstić information content (AvgIpc) is 3.93. The molecule has 3 heterocycles. The summed E-state index contributed by atoms with van der Waals surface area (Å²) in [6.45, 7) is 5.29. The lowest BCUT2D eigenvalue weighted by Gasteiger charge is -2.33. The van der Waals surface area contributed by atoms with Gasteiger partial charge in [0.1, 0.15) is 11.7 Å². The van der Waals surface area contributed by atoms with E-state index in [0.29, 0.717) is 35.9 Å². The summed E-state index contributed by atoms with van der Waals surface area (Å²) in [6.07, 6.45) is 3.86.